The lowest BCUT2D eigenvalue weighted by atomic mass is 9.82. The molecule has 13 heteroatoms. The van der Waals surface area contributed by atoms with Gasteiger partial charge in [-0.15, -0.1) is 0 Å². The van der Waals surface area contributed by atoms with Gasteiger partial charge in [-0.25, -0.2) is 0 Å². The number of methoxy groups -OCH3 is 2. The summed E-state index contributed by atoms with van der Waals surface area (Å²) < 4.78 is 7.46. The number of fused-ring (bicyclic) bond motifs is 2. The van der Waals surface area contributed by atoms with Gasteiger partial charge in [0.1, 0.15) is 18.1 Å². The number of esters is 2. The highest BCUT2D eigenvalue weighted by atomic mass is 32.2. The van der Waals surface area contributed by atoms with Gasteiger partial charge in [-0.05, 0) is 24.0 Å². The van der Waals surface area contributed by atoms with Crippen molar-refractivity contribution in [2.45, 2.75) is 43.1 Å². The van der Waals surface area contributed by atoms with E-state index in [0.717, 1.165) is 28.9 Å². The maximum atomic E-state index is 14.9. The second kappa shape index (κ2) is 11.7. The summed E-state index contributed by atoms with van der Waals surface area (Å²) in [6.07, 6.45) is 0. The van der Waals surface area contributed by atoms with Gasteiger partial charge >= 0.3 is 11.9 Å². The molecule has 43 heavy (non-hydrogen) atoms. The number of thioether (sulfide) groups is 2. The Balaban J connectivity index is 1.87. The Morgan fingerprint density at radius 3 is 1.74 bits per heavy atom. The van der Waals surface area contributed by atoms with Gasteiger partial charge in [0.15, 0.2) is 0 Å². The molecule has 1 saturated carbocycles. The van der Waals surface area contributed by atoms with Crippen LogP contribution in [-0.2, 0) is 28.7 Å². The van der Waals surface area contributed by atoms with Crippen molar-refractivity contribution in [3.63, 3.8) is 0 Å². The van der Waals surface area contributed by atoms with Gasteiger partial charge in [0, 0.05) is 30.1 Å². The van der Waals surface area contributed by atoms with Crippen molar-refractivity contribution in [3.8, 4) is 0 Å². The Morgan fingerprint density at radius 1 is 0.837 bits per heavy atom. The summed E-state index contributed by atoms with van der Waals surface area (Å²) >= 11 is 13.5. The van der Waals surface area contributed by atoms with Crippen LogP contribution in [-0.4, -0.2) is 84.0 Å². The van der Waals surface area contributed by atoms with Crippen LogP contribution in [0.5, 0.6) is 0 Å². The first kappa shape index (κ1) is 31.8. The number of carbonyl (C=O) groups is 4. The number of aromatic nitrogens is 1. The zero-order valence-corrected chi connectivity index (χ0v) is 28.0. The van der Waals surface area contributed by atoms with Crippen molar-refractivity contribution >= 4 is 91.3 Å². The van der Waals surface area contributed by atoms with E-state index in [9.17, 15) is 19.2 Å². The molecule has 1 aliphatic carbocycles. The number of ether oxygens (including phenoxy) is 2. The zero-order valence-electron chi connectivity index (χ0n) is 24.7. The van der Waals surface area contributed by atoms with Crippen molar-refractivity contribution in [1.82, 2.24) is 14.8 Å². The van der Waals surface area contributed by atoms with Crippen LogP contribution in [0.1, 0.15) is 39.3 Å². The number of pyridine rings is 1. The lowest BCUT2D eigenvalue weighted by Crippen LogP contribution is -2.63. The number of benzene rings is 1. The van der Waals surface area contributed by atoms with E-state index in [2.05, 4.69) is 0 Å². The quantitative estimate of drug-likeness (QED) is 0.312. The largest absolute Gasteiger partial charge is 0.469 e. The van der Waals surface area contributed by atoms with Gasteiger partial charge in [0.05, 0.1) is 31.6 Å². The molecule has 1 aromatic heterocycles. The van der Waals surface area contributed by atoms with E-state index in [-0.39, 0.29) is 33.6 Å². The van der Waals surface area contributed by atoms with Crippen LogP contribution in [0.4, 0.5) is 0 Å². The van der Waals surface area contributed by atoms with Gasteiger partial charge < -0.3 is 9.47 Å². The minimum atomic E-state index is -1.86. The molecule has 3 aliphatic rings. The summed E-state index contributed by atoms with van der Waals surface area (Å²) in [5.74, 6) is -6.16. The molecule has 2 saturated heterocycles. The number of para-hydroxylation sites is 1. The van der Waals surface area contributed by atoms with Crippen LogP contribution in [0.3, 0.4) is 0 Å². The van der Waals surface area contributed by atoms with E-state index in [4.69, 9.17) is 38.9 Å². The molecular formula is C30H33N3O6S4. The standard InChI is InChI=1S/C30H33N3O6S4/c1-15(2)13-32-25(36)29(42-27(32)40)21(23(34)38-5)20(19-12-11-17-9-7-8-10-18(17)31-19)22(24(35)39-6)30(29)26(37)33(14-16(3)4)28(41)43-30/h7-12,15-16,20-22H,13-14H2,1-6H3/t20?,21-,22-,29-,30+/m0/s1. The SMILES string of the molecule is COC(=O)[C@@H]1C(c2ccc3ccccc3n2)[C@@H](C(=O)OC)[C@]2(SC(=S)N(CC(C)C)C2=O)[C@]12SC(=S)N(CC(C)C)C2=O. The highest BCUT2D eigenvalue weighted by molar-refractivity contribution is 8.28. The van der Waals surface area contributed by atoms with E-state index in [1.54, 1.807) is 6.07 Å². The fourth-order valence-corrected chi connectivity index (χ4v) is 10.9. The first-order chi connectivity index (χ1) is 20.3. The maximum absolute atomic E-state index is 14.9. The summed E-state index contributed by atoms with van der Waals surface area (Å²) in [6, 6.07) is 11.0. The molecule has 1 aromatic carbocycles. The minimum Gasteiger partial charge on any atom is -0.469 e. The molecular weight excluding hydrogens is 627 g/mol. The third-order valence-corrected chi connectivity index (χ3v) is 12.2. The Kier molecular flexibility index (Phi) is 8.67. The molecule has 2 aromatic rings. The lowest BCUT2D eigenvalue weighted by molar-refractivity contribution is -0.150. The second-order valence-corrected chi connectivity index (χ2v) is 15.5. The summed E-state index contributed by atoms with van der Waals surface area (Å²) in [7, 11) is 2.46. The van der Waals surface area contributed by atoms with Gasteiger partial charge in [-0.1, -0.05) is 99.9 Å². The average molecular weight is 660 g/mol. The van der Waals surface area contributed by atoms with E-state index < -0.39 is 51.0 Å². The monoisotopic (exact) mass is 659 g/mol. The molecule has 1 unspecified atom stereocenters. The predicted octanol–water partition coefficient (Wildman–Crippen LogP) is 4.42. The summed E-state index contributed by atoms with van der Waals surface area (Å²) in [4.78, 5) is 65.7. The molecule has 2 amide bonds. The van der Waals surface area contributed by atoms with Crippen LogP contribution in [0, 0.1) is 23.7 Å². The summed E-state index contributed by atoms with van der Waals surface area (Å²) in [6.45, 7) is 8.33. The normalized spacial score (nSPS) is 28.9. The van der Waals surface area contributed by atoms with Gasteiger partial charge in [-0.3, -0.25) is 34.0 Å². The second-order valence-electron chi connectivity index (χ2n) is 11.8. The van der Waals surface area contributed by atoms with Crippen LogP contribution < -0.4 is 0 Å². The van der Waals surface area contributed by atoms with Crippen molar-refractivity contribution < 1.29 is 28.7 Å². The number of amides is 2. The van der Waals surface area contributed by atoms with Gasteiger partial charge in [0.25, 0.3) is 0 Å². The Hall–Kier alpha value is -2.61. The highest BCUT2D eigenvalue weighted by Gasteiger charge is 2.85. The number of hydrogen-bond acceptors (Lipinski definition) is 11. The topological polar surface area (TPSA) is 106 Å². The number of hydrogen-bond donors (Lipinski definition) is 0. The lowest BCUT2D eigenvalue weighted by Gasteiger charge is -2.39. The zero-order chi connectivity index (χ0) is 31.4. The van der Waals surface area contributed by atoms with Gasteiger partial charge in [-0.2, -0.15) is 0 Å². The molecule has 0 N–H and O–H groups in total. The van der Waals surface area contributed by atoms with Crippen LogP contribution in [0.15, 0.2) is 36.4 Å². The molecule has 2 aliphatic heterocycles. The Labute approximate surface area is 269 Å². The van der Waals surface area contributed by atoms with Crippen molar-refractivity contribution in [1.29, 1.82) is 0 Å². The number of thiocarbonyl (C=S) groups is 2. The minimum absolute atomic E-state index is 0.0337. The first-order valence-electron chi connectivity index (χ1n) is 14.0. The van der Waals surface area contributed by atoms with Crippen molar-refractivity contribution in [2.24, 2.45) is 23.7 Å². The van der Waals surface area contributed by atoms with Gasteiger partial charge in [0.2, 0.25) is 11.8 Å². The molecule has 5 rings (SSSR count). The van der Waals surface area contributed by atoms with E-state index in [0.29, 0.717) is 11.2 Å². The summed E-state index contributed by atoms with van der Waals surface area (Å²) in [5, 5.41) is 0.851. The van der Waals surface area contributed by atoms with Crippen molar-refractivity contribution in [2.75, 3.05) is 27.3 Å². The maximum Gasteiger partial charge on any atom is 0.311 e. The summed E-state index contributed by atoms with van der Waals surface area (Å²) in [5.41, 5.74) is 0.996. The fourth-order valence-electron chi connectivity index (χ4n) is 6.60. The first-order valence-corrected chi connectivity index (χ1v) is 16.4. The molecule has 0 radical (unpaired) electrons. The fraction of sp³-hybridized carbons (Fsp3) is 0.500. The van der Waals surface area contributed by atoms with Crippen LogP contribution in [0.25, 0.3) is 10.9 Å². The van der Waals surface area contributed by atoms with E-state index >= 15 is 0 Å². The van der Waals surface area contributed by atoms with E-state index in [1.165, 1.54) is 24.0 Å². The molecule has 9 nitrogen and oxygen atoms in total. The smallest absolute Gasteiger partial charge is 0.311 e. The highest BCUT2D eigenvalue weighted by Crippen LogP contribution is 2.71. The number of carbonyl (C=O) groups excluding carboxylic acids is 4. The molecule has 0 bridgehead atoms. The van der Waals surface area contributed by atoms with E-state index in [1.807, 2.05) is 58.0 Å². The van der Waals surface area contributed by atoms with Crippen LogP contribution >= 0.6 is 48.0 Å². The molecule has 5 atom stereocenters. The third-order valence-electron chi connectivity index (χ3n) is 8.18. The number of rotatable bonds is 7. The number of nitrogens with zero attached hydrogens (tertiary/aromatic N) is 3. The third kappa shape index (κ3) is 4.69. The van der Waals surface area contributed by atoms with Crippen LogP contribution in [0.2, 0.25) is 0 Å². The molecule has 3 heterocycles. The molecule has 2 spiro atoms. The van der Waals surface area contributed by atoms with Crippen molar-refractivity contribution in [3.05, 3.63) is 42.1 Å². The Bertz CT molecular complexity index is 1470. The molecule has 228 valence electrons. The molecule has 3 fully saturated rings. The Morgan fingerprint density at radius 2 is 1.30 bits per heavy atom. The predicted molar refractivity (Wildman–Crippen MR) is 174 cm³/mol. The average Bonchev–Trinajstić information content (AvgIpc) is 3.48.